The van der Waals surface area contributed by atoms with Crippen LogP contribution < -0.4 is 19.7 Å². The number of nitrogens with zero attached hydrogens (tertiary/aromatic N) is 1. The van der Waals surface area contributed by atoms with Crippen LogP contribution in [0.15, 0.2) is 77.5 Å². The van der Waals surface area contributed by atoms with Crippen molar-refractivity contribution in [1.82, 2.24) is 0 Å². The van der Waals surface area contributed by atoms with Crippen LogP contribution in [0, 0.1) is 6.92 Å². The van der Waals surface area contributed by atoms with Gasteiger partial charge in [-0.15, -0.1) is 0 Å². The van der Waals surface area contributed by atoms with Crippen molar-refractivity contribution >= 4 is 50.3 Å². The Hall–Kier alpha value is -2.70. The third-order valence-corrected chi connectivity index (χ3v) is 4.85. The van der Waals surface area contributed by atoms with E-state index in [9.17, 15) is 5.11 Å². The molecule has 0 aliphatic heterocycles. The van der Waals surface area contributed by atoms with Gasteiger partial charge in [0.05, 0.1) is 11.6 Å². The highest BCUT2D eigenvalue weighted by Gasteiger charge is 2.19. The Morgan fingerprint density at radius 1 is 1.11 bits per heavy atom. The van der Waals surface area contributed by atoms with E-state index in [4.69, 9.17) is 17.0 Å². The molecule has 1 heterocycles. The Bertz CT molecular complexity index is 1030. The summed E-state index contributed by atoms with van der Waals surface area (Å²) in [5.74, 6) is 0.504. The summed E-state index contributed by atoms with van der Waals surface area (Å²) >= 11 is 9.08. The van der Waals surface area contributed by atoms with Crippen molar-refractivity contribution in [1.29, 1.82) is 0 Å². The van der Waals surface area contributed by atoms with E-state index in [1.165, 1.54) is 0 Å². The lowest BCUT2D eigenvalue weighted by atomic mass is 10.1. The van der Waals surface area contributed by atoms with Crippen molar-refractivity contribution in [3.8, 4) is 5.75 Å². The fraction of sp³-hybridized carbons (Fsp3) is 0.0909. The van der Waals surface area contributed by atoms with Gasteiger partial charge in [-0.05, 0) is 70.1 Å². The van der Waals surface area contributed by atoms with E-state index in [1.54, 1.807) is 48.3 Å². The van der Waals surface area contributed by atoms with Crippen molar-refractivity contribution in [3.63, 3.8) is 0 Å². The molecule has 0 amide bonds. The number of nitrogens with one attached hydrogen (secondary N) is 1. The predicted molar refractivity (Wildman–Crippen MR) is 118 cm³/mol. The van der Waals surface area contributed by atoms with Gasteiger partial charge >= 0.3 is 0 Å². The van der Waals surface area contributed by atoms with Gasteiger partial charge in [-0.3, -0.25) is 0 Å². The highest BCUT2D eigenvalue weighted by atomic mass is 79.9. The number of pyridine rings is 1. The standard InChI is InChI=1S/C22H19BrN2O2S/c1-15-5-3-7-18(13-15)24-22(28)20(25-12-4-6-17(23)14-25)21(26)16-8-10-19(27-2)11-9-16/h3-14H,1-2H3,(H-,24,26,28). The van der Waals surface area contributed by atoms with Crippen LogP contribution in [0.2, 0.25) is 0 Å². The van der Waals surface area contributed by atoms with E-state index >= 15 is 0 Å². The molecular weight excluding hydrogens is 436 g/mol. The lowest BCUT2D eigenvalue weighted by Gasteiger charge is -2.17. The smallest absolute Gasteiger partial charge is 0.238 e. The zero-order valence-corrected chi connectivity index (χ0v) is 17.9. The van der Waals surface area contributed by atoms with Crippen molar-refractivity contribution in [2.24, 2.45) is 0 Å². The Balaban J connectivity index is 2.07. The zero-order chi connectivity index (χ0) is 20.1. The molecule has 6 heteroatoms. The fourth-order valence-electron chi connectivity index (χ4n) is 2.72. The molecule has 1 aromatic heterocycles. The number of hydrogen-bond acceptors (Lipinski definition) is 3. The first-order valence-electron chi connectivity index (χ1n) is 8.59. The molecule has 1 N–H and O–H groups in total. The molecule has 142 valence electrons. The molecule has 4 nitrogen and oxygen atoms in total. The molecule has 0 fully saturated rings. The van der Waals surface area contributed by atoms with Crippen LogP contribution in [0.1, 0.15) is 11.1 Å². The summed E-state index contributed by atoms with van der Waals surface area (Å²) in [6.45, 7) is 2.00. The molecule has 0 aliphatic carbocycles. The van der Waals surface area contributed by atoms with Gasteiger partial charge in [-0.2, -0.15) is 4.57 Å². The first kappa shape index (κ1) is 20.0. The van der Waals surface area contributed by atoms with E-state index in [0.29, 0.717) is 22.0 Å². The van der Waals surface area contributed by atoms with E-state index in [1.807, 2.05) is 43.3 Å². The van der Waals surface area contributed by atoms with Gasteiger partial charge in [0.1, 0.15) is 5.75 Å². The minimum Gasteiger partial charge on any atom is -0.867 e. The summed E-state index contributed by atoms with van der Waals surface area (Å²) in [6.07, 6.45) is 3.60. The molecule has 0 saturated heterocycles. The van der Waals surface area contributed by atoms with Crippen molar-refractivity contribution < 1.29 is 14.4 Å². The maximum absolute atomic E-state index is 13.3. The van der Waals surface area contributed by atoms with E-state index in [0.717, 1.165) is 15.7 Å². The van der Waals surface area contributed by atoms with Crippen LogP contribution in [-0.2, 0) is 0 Å². The molecule has 3 aromatic rings. The number of anilines is 1. The van der Waals surface area contributed by atoms with E-state index in [-0.39, 0.29) is 5.76 Å². The van der Waals surface area contributed by atoms with Crippen LogP contribution in [0.4, 0.5) is 5.69 Å². The van der Waals surface area contributed by atoms with E-state index < -0.39 is 0 Å². The quantitative estimate of drug-likeness (QED) is 0.272. The van der Waals surface area contributed by atoms with Gasteiger partial charge in [-0.25, -0.2) is 0 Å². The lowest BCUT2D eigenvalue weighted by molar-refractivity contribution is -0.578. The molecule has 3 rings (SSSR count). The second-order valence-electron chi connectivity index (χ2n) is 6.16. The van der Waals surface area contributed by atoms with E-state index in [2.05, 4.69) is 21.2 Å². The summed E-state index contributed by atoms with van der Waals surface area (Å²) < 4.78 is 7.74. The molecule has 0 saturated carbocycles. The monoisotopic (exact) mass is 454 g/mol. The highest BCUT2D eigenvalue weighted by molar-refractivity contribution is 9.10. The molecule has 0 radical (unpaired) electrons. The zero-order valence-electron chi connectivity index (χ0n) is 15.5. The molecule has 0 atom stereocenters. The average Bonchev–Trinajstić information content (AvgIpc) is 2.68. The van der Waals surface area contributed by atoms with Crippen molar-refractivity contribution in [2.75, 3.05) is 12.4 Å². The minimum atomic E-state index is -0.184. The highest BCUT2D eigenvalue weighted by Crippen LogP contribution is 2.20. The molecule has 0 spiro atoms. The molecule has 2 aromatic carbocycles. The van der Waals surface area contributed by atoms with Crippen LogP contribution in [0.5, 0.6) is 5.75 Å². The van der Waals surface area contributed by atoms with Gasteiger partial charge in [0.25, 0.3) is 0 Å². The Labute approximate surface area is 178 Å². The number of methoxy groups -OCH3 is 1. The van der Waals surface area contributed by atoms with Gasteiger partial charge in [0, 0.05) is 11.8 Å². The first-order chi connectivity index (χ1) is 13.5. The van der Waals surface area contributed by atoms with Gasteiger partial charge < -0.3 is 15.2 Å². The summed E-state index contributed by atoms with van der Waals surface area (Å²) in [7, 11) is 1.59. The number of thiocarbonyl (C=S) groups is 1. The third-order valence-electron chi connectivity index (χ3n) is 4.08. The topological polar surface area (TPSA) is 48.2 Å². The number of aromatic nitrogens is 1. The maximum atomic E-state index is 13.3. The Morgan fingerprint density at radius 2 is 1.86 bits per heavy atom. The number of aryl methyl sites for hydroxylation is 1. The fourth-order valence-corrected chi connectivity index (χ4v) is 3.40. The van der Waals surface area contributed by atoms with Crippen molar-refractivity contribution in [3.05, 3.63) is 88.7 Å². The predicted octanol–water partition coefficient (Wildman–Crippen LogP) is 4.18. The van der Waals surface area contributed by atoms with Gasteiger partial charge in [0.15, 0.2) is 17.4 Å². The van der Waals surface area contributed by atoms with Gasteiger partial charge in [-0.1, -0.05) is 36.5 Å². The molecule has 0 bridgehead atoms. The van der Waals surface area contributed by atoms with Crippen molar-refractivity contribution in [2.45, 2.75) is 6.92 Å². The summed E-state index contributed by atoms with van der Waals surface area (Å²) in [5, 5.41) is 16.5. The maximum Gasteiger partial charge on any atom is 0.238 e. The van der Waals surface area contributed by atoms with Crippen LogP contribution >= 0.6 is 28.1 Å². The molecular formula is C22H19BrN2O2S. The second kappa shape index (κ2) is 8.99. The Morgan fingerprint density at radius 3 is 2.50 bits per heavy atom. The summed E-state index contributed by atoms with van der Waals surface area (Å²) in [5.41, 5.74) is 2.83. The summed E-state index contributed by atoms with van der Waals surface area (Å²) in [4.78, 5) is 0.342. The SMILES string of the molecule is COc1ccc(/C([O-])=C(/C(=S)Nc2cccc(C)c2)[n+]2cccc(Br)c2)cc1. The molecule has 0 unspecified atom stereocenters. The number of benzene rings is 2. The molecule has 0 aliphatic rings. The third kappa shape index (κ3) is 4.77. The normalized spacial score (nSPS) is 11.5. The minimum absolute atomic E-state index is 0.184. The Kier molecular flexibility index (Phi) is 6.44. The largest absolute Gasteiger partial charge is 0.867 e. The summed E-state index contributed by atoms with van der Waals surface area (Å²) in [6, 6.07) is 18.6. The van der Waals surface area contributed by atoms with Crippen LogP contribution in [-0.4, -0.2) is 12.1 Å². The number of ether oxygens (including phenoxy) is 1. The lowest BCUT2D eigenvalue weighted by Crippen LogP contribution is -2.40. The van der Waals surface area contributed by atoms with Gasteiger partial charge in [0.2, 0.25) is 5.70 Å². The number of hydrogen-bond donors (Lipinski definition) is 1. The number of halogens is 1. The molecule has 28 heavy (non-hydrogen) atoms. The van der Waals surface area contributed by atoms with Crippen LogP contribution in [0.25, 0.3) is 11.5 Å². The van der Waals surface area contributed by atoms with Crippen LogP contribution in [0.3, 0.4) is 0 Å². The second-order valence-corrected chi connectivity index (χ2v) is 7.48. The first-order valence-corrected chi connectivity index (χ1v) is 9.79. The average molecular weight is 455 g/mol. The number of rotatable bonds is 5.